The van der Waals surface area contributed by atoms with Crippen molar-refractivity contribution in [3.63, 3.8) is 0 Å². The van der Waals surface area contributed by atoms with Crippen LogP contribution in [0.25, 0.3) is 28.3 Å². The number of nitrogens with one attached hydrogen (secondary N) is 1. The van der Waals surface area contributed by atoms with Crippen LogP contribution >= 0.6 is 11.6 Å². The first-order valence-electron chi connectivity index (χ1n) is 8.20. The summed E-state index contributed by atoms with van der Waals surface area (Å²) in [5.41, 5.74) is 2.29. The van der Waals surface area contributed by atoms with Gasteiger partial charge in [-0.2, -0.15) is 5.10 Å². The molecule has 4 aromatic heterocycles. The Kier molecular flexibility index (Phi) is 3.58. The number of aromatic nitrogens is 6. The van der Waals surface area contributed by atoms with E-state index in [2.05, 4.69) is 25.3 Å². The molecule has 5 rings (SSSR count). The lowest BCUT2D eigenvalue weighted by Gasteiger charge is -2.07. The number of rotatable bonds is 4. The van der Waals surface area contributed by atoms with E-state index in [1.54, 1.807) is 23.1 Å². The van der Waals surface area contributed by atoms with Crippen molar-refractivity contribution in [1.82, 2.24) is 29.8 Å². The third kappa shape index (κ3) is 2.80. The summed E-state index contributed by atoms with van der Waals surface area (Å²) >= 11 is 5.97. The minimum absolute atomic E-state index is 0.295. The topological polar surface area (TPSA) is 94.1 Å². The summed E-state index contributed by atoms with van der Waals surface area (Å²) < 4.78 is 13.3. The molecule has 1 N–H and O–H groups in total. The third-order valence-electron chi connectivity index (χ3n) is 4.18. The molecule has 0 unspecified atom stereocenters. The summed E-state index contributed by atoms with van der Waals surface area (Å²) in [5, 5.41) is 12.7. The van der Waals surface area contributed by atoms with Crippen molar-refractivity contribution in [2.75, 3.05) is 0 Å². The maximum atomic E-state index is 5.97. The lowest BCUT2D eigenvalue weighted by atomic mass is 10.2. The van der Waals surface area contributed by atoms with Crippen molar-refractivity contribution in [3.8, 4) is 17.3 Å². The normalized spacial score (nSPS) is 11.5. The fourth-order valence-corrected chi connectivity index (χ4v) is 3.07. The number of hydrogen-bond acceptors (Lipinski definition) is 6. The molecule has 1 aromatic carbocycles. The molecule has 0 fully saturated rings. The highest BCUT2D eigenvalue weighted by Crippen LogP contribution is 2.25. The van der Waals surface area contributed by atoms with Crippen molar-refractivity contribution in [1.29, 1.82) is 0 Å². The number of hydrogen-bond donors (Lipinski definition) is 1. The van der Waals surface area contributed by atoms with Crippen LogP contribution in [0.5, 0.6) is 5.75 Å². The number of aromatic amines is 1. The van der Waals surface area contributed by atoms with E-state index in [9.17, 15) is 0 Å². The first-order chi connectivity index (χ1) is 13.2. The van der Waals surface area contributed by atoms with Gasteiger partial charge in [-0.25, -0.2) is 14.5 Å². The minimum Gasteiger partial charge on any atom is -0.485 e. The van der Waals surface area contributed by atoms with Gasteiger partial charge < -0.3 is 9.15 Å². The standard InChI is InChI=1S/C18H13ClN6O2/c1-10-6-11(19)2-4-14(10)26-8-12-3-5-15(27-12)17-22-18-13-7-21-23-16(13)20-9-25(18)24-17/h2-7,9H,8H2,1H3,(H,21,23). The Morgan fingerprint density at radius 1 is 1.26 bits per heavy atom. The number of fused-ring (bicyclic) bond motifs is 3. The Hall–Kier alpha value is -3.39. The quantitative estimate of drug-likeness (QED) is 0.509. The predicted octanol–water partition coefficient (Wildman–Crippen LogP) is 3.80. The molecule has 5 aromatic rings. The molecule has 0 atom stereocenters. The van der Waals surface area contributed by atoms with E-state index >= 15 is 0 Å². The van der Waals surface area contributed by atoms with Gasteiger partial charge in [0.2, 0.25) is 5.82 Å². The van der Waals surface area contributed by atoms with E-state index < -0.39 is 0 Å². The second-order valence-electron chi connectivity index (χ2n) is 6.04. The van der Waals surface area contributed by atoms with Crippen LogP contribution in [0.1, 0.15) is 11.3 Å². The average molecular weight is 381 g/mol. The Labute approximate surface area is 157 Å². The Morgan fingerprint density at radius 3 is 3.07 bits per heavy atom. The molecule has 0 aliphatic rings. The van der Waals surface area contributed by atoms with Gasteiger partial charge in [-0.1, -0.05) is 11.6 Å². The number of benzene rings is 1. The zero-order valence-electron chi connectivity index (χ0n) is 14.2. The van der Waals surface area contributed by atoms with Crippen molar-refractivity contribution < 1.29 is 9.15 Å². The maximum absolute atomic E-state index is 5.97. The van der Waals surface area contributed by atoms with Gasteiger partial charge in [0.15, 0.2) is 17.1 Å². The van der Waals surface area contributed by atoms with Gasteiger partial charge in [-0.3, -0.25) is 5.10 Å². The zero-order valence-corrected chi connectivity index (χ0v) is 14.9. The van der Waals surface area contributed by atoms with Gasteiger partial charge in [-0.15, -0.1) is 5.10 Å². The van der Waals surface area contributed by atoms with Crippen LogP contribution in [0.2, 0.25) is 5.02 Å². The Morgan fingerprint density at radius 2 is 2.19 bits per heavy atom. The van der Waals surface area contributed by atoms with Gasteiger partial charge in [0.25, 0.3) is 0 Å². The van der Waals surface area contributed by atoms with Crippen molar-refractivity contribution >= 4 is 28.3 Å². The molecule has 0 saturated carbocycles. The monoisotopic (exact) mass is 380 g/mol. The van der Waals surface area contributed by atoms with E-state index in [0.29, 0.717) is 40.3 Å². The van der Waals surface area contributed by atoms with E-state index in [0.717, 1.165) is 16.7 Å². The van der Waals surface area contributed by atoms with Crippen molar-refractivity contribution in [2.24, 2.45) is 0 Å². The third-order valence-corrected chi connectivity index (χ3v) is 4.41. The van der Waals surface area contributed by atoms with Crippen LogP contribution in [0.3, 0.4) is 0 Å². The molecule has 134 valence electrons. The molecule has 0 spiro atoms. The SMILES string of the molecule is Cc1cc(Cl)ccc1OCc1ccc(-c2nc3c4cn[nH]c4ncn3n2)o1. The molecule has 4 heterocycles. The fourth-order valence-electron chi connectivity index (χ4n) is 2.84. The predicted molar refractivity (Wildman–Crippen MR) is 98.7 cm³/mol. The maximum Gasteiger partial charge on any atom is 0.217 e. The summed E-state index contributed by atoms with van der Waals surface area (Å²) in [7, 11) is 0. The summed E-state index contributed by atoms with van der Waals surface area (Å²) in [6.45, 7) is 2.24. The van der Waals surface area contributed by atoms with E-state index in [1.807, 2.05) is 31.2 Å². The number of H-pyrrole nitrogens is 1. The average Bonchev–Trinajstić information content (AvgIpc) is 3.38. The van der Waals surface area contributed by atoms with Gasteiger partial charge in [0.1, 0.15) is 24.4 Å². The second-order valence-corrected chi connectivity index (χ2v) is 6.48. The smallest absolute Gasteiger partial charge is 0.217 e. The number of furan rings is 1. The lowest BCUT2D eigenvalue weighted by molar-refractivity contribution is 0.270. The molecule has 27 heavy (non-hydrogen) atoms. The summed E-state index contributed by atoms with van der Waals surface area (Å²) in [4.78, 5) is 8.78. The van der Waals surface area contributed by atoms with Crippen LogP contribution in [-0.2, 0) is 6.61 Å². The Balaban J connectivity index is 1.40. The molecule has 0 aliphatic heterocycles. The highest BCUT2D eigenvalue weighted by atomic mass is 35.5. The van der Waals surface area contributed by atoms with Crippen LogP contribution in [0, 0.1) is 6.92 Å². The van der Waals surface area contributed by atoms with Gasteiger partial charge >= 0.3 is 0 Å². The van der Waals surface area contributed by atoms with Crippen LogP contribution < -0.4 is 4.74 Å². The van der Waals surface area contributed by atoms with Crippen molar-refractivity contribution in [3.05, 3.63) is 59.2 Å². The molecule has 0 radical (unpaired) electrons. The molecule has 8 nitrogen and oxygen atoms in total. The highest BCUT2D eigenvalue weighted by Gasteiger charge is 2.14. The van der Waals surface area contributed by atoms with E-state index in [1.165, 1.54) is 0 Å². The summed E-state index contributed by atoms with van der Waals surface area (Å²) in [6, 6.07) is 9.16. The van der Waals surface area contributed by atoms with E-state index in [-0.39, 0.29) is 0 Å². The van der Waals surface area contributed by atoms with Crippen molar-refractivity contribution in [2.45, 2.75) is 13.5 Å². The van der Waals surface area contributed by atoms with E-state index in [4.69, 9.17) is 20.8 Å². The molecule has 0 aliphatic carbocycles. The molecular formula is C18H13ClN6O2. The molecular weight excluding hydrogens is 368 g/mol. The van der Waals surface area contributed by atoms with Gasteiger partial charge in [0.05, 0.1) is 11.6 Å². The zero-order chi connectivity index (χ0) is 18.4. The number of nitrogens with zero attached hydrogens (tertiary/aromatic N) is 5. The Bertz CT molecular complexity index is 1270. The molecule has 0 bridgehead atoms. The van der Waals surface area contributed by atoms with Crippen LogP contribution in [0.15, 0.2) is 47.3 Å². The number of ether oxygens (including phenoxy) is 1. The summed E-state index contributed by atoms with van der Waals surface area (Å²) in [5.74, 6) is 2.46. The van der Waals surface area contributed by atoms with Gasteiger partial charge in [0, 0.05) is 5.02 Å². The lowest BCUT2D eigenvalue weighted by Crippen LogP contribution is -1.95. The fraction of sp³-hybridized carbons (Fsp3) is 0.111. The van der Waals surface area contributed by atoms with Crippen LogP contribution in [0.4, 0.5) is 0 Å². The highest BCUT2D eigenvalue weighted by molar-refractivity contribution is 6.30. The van der Waals surface area contributed by atoms with Crippen LogP contribution in [-0.4, -0.2) is 29.8 Å². The molecule has 9 heteroatoms. The largest absolute Gasteiger partial charge is 0.485 e. The second kappa shape index (κ2) is 6.10. The summed E-state index contributed by atoms with van der Waals surface area (Å²) in [6.07, 6.45) is 3.26. The first kappa shape index (κ1) is 15.8. The number of aryl methyl sites for hydroxylation is 1. The minimum atomic E-state index is 0.295. The van der Waals surface area contributed by atoms with Gasteiger partial charge in [-0.05, 0) is 42.8 Å². The molecule has 0 saturated heterocycles. The first-order valence-corrected chi connectivity index (χ1v) is 8.58. The molecule has 0 amide bonds. The number of halogens is 1.